The van der Waals surface area contributed by atoms with Crippen LogP contribution in [0.5, 0.6) is 0 Å². The van der Waals surface area contributed by atoms with Crippen LogP contribution in [0.2, 0.25) is 0 Å². The van der Waals surface area contributed by atoms with E-state index in [4.69, 9.17) is 0 Å². The predicted octanol–water partition coefficient (Wildman–Crippen LogP) is 3.45. The van der Waals surface area contributed by atoms with Gasteiger partial charge in [-0.3, -0.25) is 0 Å². The van der Waals surface area contributed by atoms with Gasteiger partial charge in [-0.2, -0.15) is 0 Å². The van der Waals surface area contributed by atoms with Gasteiger partial charge in [-0.1, -0.05) is 26.3 Å². The van der Waals surface area contributed by atoms with E-state index in [9.17, 15) is 0 Å². The highest BCUT2D eigenvalue weighted by atomic mass is 14.9. The number of nitrogens with zero attached hydrogens (tertiary/aromatic N) is 1. The third-order valence-electron chi connectivity index (χ3n) is 2.74. The molecule has 14 heavy (non-hydrogen) atoms. The molecule has 0 unspecified atom stereocenters. The molecule has 0 bridgehead atoms. The third kappa shape index (κ3) is 1.43. The summed E-state index contributed by atoms with van der Waals surface area (Å²) in [6.45, 7) is 4.47. The van der Waals surface area contributed by atoms with Crippen LogP contribution in [-0.4, -0.2) is 4.40 Å². The minimum atomic E-state index is 1.14. The molecule has 2 heterocycles. The Hall–Kier alpha value is -1.24. The fourth-order valence-corrected chi connectivity index (χ4v) is 2.06. The van der Waals surface area contributed by atoms with Crippen molar-refractivity contribution in [2.75, 3.05) is 0 Å². The molecule has 0 aromatic carbocycles. The van der Waals surface area contributed by atoms with Crippen LogP contribution in [-0.2, 0) is 12.8 Å². The van der Waals surface area contributed by atoms with E-state index in [-0.39, 0.29) is 0 Å². The van der Waals surface area contributed by atoms with E-state index in [0.717, 1.165) is 6.42 Å². The van der Waals surface area contributed by atoms with Crippen molar-refractivity contribution in [1.82, 2.24) is 4.40 Å². The smallest absolute Gasteiger partial charge is 0.0455 e. The maximum atomic E-state index is 2.32. The number of rotatable bonds is 3. The first-order chi connectivity index (χ1) is 6.86. The zero-order valence-electron chi connectivity index (χ0n) is 8.96. The highest BCUT2D eigenvalue weighted by molar-refractivity contribution is 5.53. The average molecular weight is 187 g/mol. The second-order valence-electron chi connectivity index (χ2n) is 3.72. The average Bonchev–Trinajstić information content (AvgIpc) is 2.58. The Kier molecular flexibility index (Phi) is 2.58. The molecule has 74 valence electrons. The Bertz CT molecular complexity index is 426. The molecule has 0 fully saturated rings. The number of pyridine rings is 1. The van der Waals surface area contributed by atoms with Crippen LogP contribution in [0.15, 0.2) is 30.5 Å². The van der Waals surface area contributed by atoms with Gasteiger partial charge < -0.3 is 4.40 Å². The van der Waals surface area contributed by atoms with Crippen molar-refractivity contribution in [3.05, 3.63) is 41.7 Å². The molecule has 0 aliphatic heterocycles. The van der Waals surface area contributed by atoms with Gasteiger partial charge in [-0.05, 0) is 36.6 Å². The van der Waals surface area contributed by atoms with E-state index in [1.54, 1.807) is 0 Å². The first-order valence-corrected chi connectivity index (χ1v) is 5.44. The summed E-state index contributed by atoms with van der Waals surface area (Å²) in [4.78, 5) is 0. The highest BCUT2D eigenvalue weighted by Gasteiger charge is 2.06. The number of aryl methyl sites for hydroxylation is 2. The van der Waals surface area contributed by atoms with Gasteiger partial charge in [0.2, 0.25) is 0 Å². The van der Waals surface area contributed by atoms with Crippen LogP contribution in [0.3, 0.4) is 0 Å². The summed E-state index contributed by atoms with van der Waals surface area (Å²) < 4.78 is 2.32. The van der Waals surface area contributed by atoms with Gasteiger partial charge in [0, 0.05) is 17.4 Å². The number of hydrogen-bond acceptors (Lipinski definition) is 0. The molecule has 0 N–H and O–H groups in total. The topological polar surface area (TPSA) is 4.41 Å². The zero-order chi connectivity index (χ0) is 9.97. The summed E-state index contributed by atoms with van der Waals surface area (Å²) in [5, 5.41) is 0. The molecule has 2 rings (SSSR count). The van der Waals surface area contributed by atoms with Crippen molar-refractivity contribution in [3.63, 3.8) is 0 Å². The van der Waals surface area contributed by atoms with Crippen molar-refractivity contribution in [3.8, 4) is 0 Å². The van der Waals surface area contributed by atoms with Crippen LogP contribution in [0.25, 0.3) is 5.52 Å². The summed E-state index contributed by atoms with van der Waals surface area (Å²) in [5.41, 5.74) is 4.32. The fraction of sp³-hybridized carbons (Fsp3) is 0.385. The fourth-order valence-electron chi connectivity index (χ4n) is 2.06. The van der Waals surface area contributed by atoms with Crippen molar-refractivity contribution < 1.29 is 0 Å². The lowest BCUT2D eigenvalue weighted by Crippen LogP contribution is -1.94. The van der Waals surface area contributed by atoms with E-state index in [1.165, 1.54) is 29.6 Å². The van der Waals surface area contributed by atoms with Crippen molar-refractivity contribution in [2.45, 2.75) is 33.1 Å². The van der Waals surface area contributed by atoms with Gasteiger partial charge in [-0.15, -0.1) is 0 Å². The molecule has 0 saturated carbocycles. The first kappa shape index (κ1) is 9.32. The largest absolute Gasteiger partial charge is 0.321 e. The van der Waals surface area contributed by atoms with Crippen molar-refractivity contribution >= 4 is 5.52 Å². The molecular formula is C13H17N. The van der Waals surface area contributed by atoms with Gasteiger partial charge in [0.25, 0.3) is 0 Å². The summed E-state index contributed by atoms with van der Waals surface area (Å²) in [5.74, 6) is 0. The Labute approximate surface area is 85.4 Å². The summed E-state index contributed by atoms with van der Waals surface area (Å²) >= 11 is 0. The molecular weight excluding hydrogens is 170 g/mol. The SMILES string of the molecule is CCCc1c(CC)cc2ccccn12. The first-order valence-electron chi connectivity index (χ1n) is 5.44. The van der Waals surface area contributed by atoms with E-state index in [0.29, 0.717) is 0 Å². The predicted molar refractivity (Wildman–Crippen MR) is 60.8 cm³/mol. The minimum absolute atomic E-state index is 1.14. The molecule has 0 radical (unpaired) electrons. The summed E-state index contributed by atoms with van der Waals surface area (Å²) in [6, 6.07) is 8.69. The van der Waals surface area contributed by atoms with Crippen LogP contribution in [0, 0.1) is 0 Å². The Morgan fingerprint density at radius 2 is 2.07 bits per heavy atom. The van der Waals surface area contributed by atoms with Gasteiger partial charge in [0.15, 0.2) is 0 Å². The van der Waals surface area contributed by atoms with Crippen LogP contribution in [0.1, 0.15) is 31.5 Å². The van der Waals surface area contributed by atoms with Crippen molar-refractivity contribution in [2.24, 2.45) is 0 Å². The summed E-state index contributed by atoms with van der Waals surface area (Å²) in [7, 11) is 0. The van der Waals surface area contributed by atoms with E-state index < -0.39 is 0 Å². The molecule has 0 spiro atoms. The van der Waals surface area contributed by atoms with E-state index >= 15 is 0 Å². The van der Waals surface area contributed by atoms with Gasteiger partial charge in [0.1, 0.15) is 0 Å². The second kappa shape index (κ2) is 3.87. The molecule has 2 aromatic heterocycles. The zero-order valence-corrected chi connectivity index (χ0v) is 8.96. The maximum Gasteiger partial charge on any atom is 0.0455 e. The normalized spacial score (nSPS) is 11.0. The third-order valence-corrected chi connectivity index (χ3v) is 2.74. The molecule has 0 aliphatic carbocycles. The maximum absolute atomic E-state index is 2.32. The van der Waals surface area contributed by atoms with Crippen LogP contribution >= 0.6 is 0 Å². The van der Waals surface area contributed by atoms with Gasteiger partial charge in [0.05, 0.1) is 0 Å². The quantitative estimate of drug-likeness (QED) is 0.693. The molecule has 0 aliphatic rings. The van der Waals surface area contributed by atoms with E-state index in [2.05, 4.69) is 48.7 Å². The number of fused-ring (bicyclic) bond motifs is 1. The number of aromatic nitrogens is 1. The minimum Gasteiger partial charge on any atom is -0.321 e. The molecule has 1 nitrogen and oxygen atoms in total. The Morgan fingerprint density at radius 3 is 2.79 bits per heavy atom. The van der Waals surface area contributed by atoms with E-state index in [1.807, 2.05) is 0 Å². The standard InChI is InChI=1S/C13H17N/c1-3-7-13-11(4-2)10-12-8-5-6-9-14(12)13/h5-6,8-10H,3-4,7H2,1-2H3. The Morgan fingerprint density at radius 1 is 1.21 bits per heavy atom. The van der Waals surface area contributed by atoms with Gasteiger partial charge in [-0.25, -0.2) is 0 Å². The summed E-state index contributed by atoms with van der Waals surface area (Å²) in [6.07, 6.45) is 5.70. The lowest BCUT2D eigenvalue weighted by atomic mass is 10.1. The lowest BCUT2D eigenvalue weighted by Gasteiger charge is -2.03. The van der Waals surface area contributed by atoms with Crippen LogP contribution < -0.4 is 0 Å². The molecule has 2 aromatic rings. The van der Waals surface area contributed by atoms with Crippen molar-refractivity contribution in [1.29, 1.82) is 0 Å². The monoisotopic (exact) mass is 187 g/mol. The van der Waals surface area contributed by atoms with Gasteiger partial charge >= 0.3 is 0 Å². The molecule has 0 saturated heterocycles. The Balaban J connectivity index is 2.61. The molecule has 1 heteroatoms. The second-order valence-corrected chi connectivity index (χ2v) is 3.72. The number of hydrogen-bond donors (Lipinski definition) is 0. The lowest BCUT2D eigenvalue weighted by molar-refractivity contribution is 0.849. The van der Waals surface area contributed by atoms with Crippen LogP contribution in [0.4, 0.5) is 0 Å². The molecule has 0 amide bonds. The highest BCUT2D eigenvalue weighted by Crippen LogP contribution is 2.18. The molecule has 0 atom stereocenters.